The second-order valence-corrected chi connectivity index (χ2v) is 6.25. The summed E-state index contributed by atoms with van der Waals surface area (Å²) in [5, 5.41) is 2.15. The van der Waals surface area contributed by atoms with Crippen molar-refractivity contribution in [2.75, 3.05) is 13.1 Å². The molecule has 110 valence electrons. The molecule has 2 aromatic carbocycles. The third-order valence-electron chi connectivity index (χ3n) is 3.35. The number of thiocarbonyl (C=S) groups is 1. The molecule has 0 unspecified atom stereocenters. The number of amides is 1. The average Bonchev–Trinajstić information content (AvgIpc) is 2.46. The lowest BCUT2D eigenvalue weighted by molar-refractivity contribution is 0.0769. The maximum atomic E-state index is 12.5. The van der Waals surface area contributed by atoms with E-state index >= 15 is 0 Å². The standard InChI is InChI=1S/C16H17BrN2OS/c1-2-19(8-7-15(18)21)16(20)13-4-3-12-10-14(17)6-5-11(12)9-13/h3-6,9-10H,2,7-8H2,1H3,(H2,18,21). The summed E-state index contributed by atoms with van der Waals surface area (Å²) in [5.74, 6) is 0.0126. The molecule has 5 heteroatoms. The van der Waals surface area contributed by atoms with Gasteiger partial charge in [-0.3, -0.25) is 4.79 Å². The number of hydrogen-bond acceptors (Lipinski definition) is 2. The molecule has 0 atom stereocenters. The van der Waals surface area contributed by atoms with Gasteiger partial charge in [0.15, 0.2) is 0 Å². The number of nitrogens with two attached hydrogens (primary N) is 1. The molecule has 0 aliphatic carbocycles. The van der Waals surface area contributed by atoms with Crippen LogP contribution in [0.4, 0.5) is 0 Å². The topological polar surface area (TPSA) is 46.3 Å². The molecule has 3 nitrogen and oxygen atoms in total. The number of carbonyl (C=O) groups is 1. The van der Waals surface area contributed by atoms with E-state index < -0.39 is 0 Å². The summed E-state index contributed by atoms with van der Waals surface area (Å²) in [6.45, 7) is 3.15. The Balaban J connectivity index is 2.25. The lowest BCUT2D eigenvalue weighted by atomic mass is 10.1. The number of halogens is 1. The summed E-state index contributed by atoms with van der Waals surface area (Å²) in [7, 11) is 0. The summed E-state index contributed by atoms with van der Waals surface area (Å²) >= 11 is 8.33. The zero-order valence-corrected chi connectivity index (χ0v) is 14.2. The van der Waals surface area contributed by atoms with Gasteiger partial charge in [-0.25, -0.2) is 0 Å². The van der Waals surface area contributed by atoms with Crippen LogP contribution in [0.25, 0.3) is 10.8 Å². The number of nitrogens with zero attached hydrogens (tertiary/aromatic N) is 1. The third-order valence-corrected chi connectivity index (χ3v) is 4.04. The number of rotatable bonds is 5. The third kappa shape index (κ3) is 4.02. The van der Waals surface area contributed by atoms with Crippen LogP contribution in [0.1, 0.15) is 23.7 Å². The van der Waals surface area contributed by atoms with Crippen molar-refractivity contribution in [3.05, 3.63) is 46.4 Å². The highest BCUT2D eigenvalue weighted by atomic mass is 79.9. The van der Waals surface area contributed by atoms with E-state index in [1.165, 1.54) is 0 Å². The smallest absolute Gasteiger partial charge is 0.253 e. The van der Waals surface area contributed by atoms with E-state index in [0.717, 1.165) is 15.2 Å². The monoisotopic (exact) mass is 364 g/mol. The SMILES string of the molecule is CCN(CCC(N)=S)C(=O)c1ccc2cc(Br)ccc2c1. The molecule has 0 spiro atoms. The molecule has 0 saturated carbocycles. The van der Waals surface area contributed by atoms with Crippen molar-refractivity contribution in [2.45, 2.75) is 13.3 Å². The van der Waals surface area contributed by atoms with Crippen molar-refractivity contribution in [2.24, 2.45) is 5.73 Å². The fourth-order valence-corrected chi connectivity index (χ4v) is 2.65. The Bertz CT molecular complexity index is 687. The van der Waals surface area contributed by atoms with E-state index in [-0.39, 0.29) is 5.91 Å². The molecular formula is C16H17BrN2OS. The Labute approximate surface area is 138 Å². The second-order valence-electron chi connectivity index (χ2n) is 4.81. The minimum atomic E-state index is 0.0126. The summed E-state index contributed by atoms with van der Waals surface area (Å²) < 4.78 is 1.03. The molecule has 0 heterocycles. The Morgan fingerprint density at radius 3 is 2.57 bits per heavy atom. The highest BCUT2D eigenvalue weighted by molar-refractivity contribution is 9.10. The van der Waals surface area contributed by atoms with Gasteiger partial charge in [-0.2, -0.15) is 0 Å². The van der Waals surface area contributed by atoms with Crippen molar-refractivity contribution < 1.29 is 4.79 Å². The van der Waals surface area contributed by atoms with Crippen LogP contribution in [0.3, 0.4) is 0 Å². The van der Waals surface area contributed by atoms with Gasteiger partial charge in [0, 0.05) is 29.5 Å². The van der Waals surface area contributed by atoms with Crippen LogP contribution in [0.2, 0.25) is 0 Å². The molecule has 0 radical (unpaired) electrons. The molecule has 0 aliphatic rings. The van der Waals surface area contributed by atoms with Crippen LogP contribution in [0.15, 0.2) is 40.9 Å². The first-order chi connectivity index (χ1) is 10.0. The minimum Gasteiger partial charge on any atom is -0.393 e. The van der Waals surface area contributed by atoms with Gasteiger partial charge in [0.05, 0.1) is 4.99 Å². The van der Waals surface area contributed by atoms with Crippen molar-refractivity contribution in [3.63, 3.8) is 0 Å². The molecule has 2 rings (SSSR count). The Morgan fingerprint density at radius 2 is 1.90 bits per heavy atom. The highest BCUT2D eigenvalue weighted by Gasteiger charge is 2.14. The van der Waals surface area contributed by atoms with Gasteiger partial charge >= 0.3 is 0 Å². The second kappa shape index (κ2) is 7.00. The predicted molar refractivity (Wildman–Crippen MR) is 94.6 cm³/mol. The van der Waals surface area contributed by atoms with Gasteiger partial charge in [-0.05, 0) is 42.0 Å². The van der Waals surface area contributed by atoms with E-state index in [1.54, 1.807) is 4.90 Å². The van der Waals surface area contributed by atoms with Crippen LogP contribution in [0.5, 0.6) is 0 Å². The van der Waals surface area contributed by atoms with E-state index in [0.29, 0.717) is 30.1 Å². The molecule has 0 fully saturated rings. The number of carbonyl (C=O) groups excluding carboxylic acids is 1. The fraction of sp³-hybridized carbons (Fsp3) is 0.250. The number of fused-ring (bicyclic) bond motifs is 1. The summed E-state index contributed by atoms with van der Waals surface area (Å²) in [5.41, 5.74) is 6.20. The maximum absolute atomic E-state index is 12.5. The van der Waals surface area contributed by atoms with Crippen molar-refractivity contribution in [1.82, 2.24) is 4.90 Å². The molecule has 2 aromatic rings. The lowest BCUT2D eigenvalue weighted by Crippen LogP contribution is -2.33. The average molecular weight is 365 g/mol. The minimum absolute atomic E-state index is 0.0126. The first-order valence-corrected chi connectivity index (χ1v) is 7.98. The van der Waals surface area contributed by atoms with E-state index in [2.05, 4.69) is 15.9 Å². The van der Waals surface area contributed by atoms with Gasteiger partial charge in [0.1, 0.15) is 0 Å². The number of hydrogen-bond donors (Lipinski definition) is 1. The van der Waals surface area contributed by atoms with Crippen LogP contribution >= 0.6 is 28.1 Å². The maximum Gasteiger partial charge on any atom is 0.253 e. The molecule has 0 saturated heterocycles. The highest BCUT2D eigenvalue weighted by Crippen LogP contribution is 2.21. The first kappa shape index (κ1) is 15.9. The first-order valence-electron chi connectivity index (χ1n) is 6.78. The molecule has 1 amide bonds. The Kier molecular flexibility index (Phi) is 5.31. The van der Waals surface area contributed by atoms with Crippen LogP contribution in [0, 0.1) is 0 Å². The van der Waals surface area contributed by atoms with Crippen LogP contribution < -0.4 is 5.73 Å². The summed E-state index contributed by atoms with van der Waals surface area (Å²) in [4.78, 5) is 14.7. The van der Waals surface area contributed by atoms with E-state index in [1.807, 2.05) is 43.3 Å². The Hall–Kier alpha value is -1.46. The molecule has 21 heavy (non-hydrogen) atoms. The van der Waals surface area contributed by atoms with Crippen molar-refractivity contribution in [3.8, 4) is 0 Å². The molecule has 0 bridgehead atoms. The lowest BCUT2D eigenvalue weighted by Gasteiger charge is -2.20. The fourth-order valence-electron chi connectivity index (χ4n) is 2.18. The van der Waals surface area contributed by atoms with Crippen molar-refractivity contribution in [1.29, 1.82) is 0 Å². The van der Waals surface area contributed by atoms with Crippen LogP contribution in [-0.2, 0) is 0 Å². The largest absolute Gasteiger partial charge is 0.393 e. The molecular weight excluding hydrogens is 348 g/mol. The summed E-state index contributed by atoms with van der Waals surface area (Å²) in [6.07, 6.45) is 0.551. The van der Waals surface area contributed by atoms with Gasteiger partial charge in [-0.15, -0.1) is 0 Å². The van der Waals surface area contributed by atoms with E-state index in [9.17, 15) is 4.79 Å². The zero-order valence-electron chi connectivity index (χ0n) is 11.8. The van der Waals surface area contributed by atoms with Gasteiger partial charge in [0.2, 0.25) is 0 Å². The Morgan fingerprint density at radius 1 is 1.24 bits per heavy atom. The molecule has 0 aromatic heterocycles. The normalized spacial score (nSPS) is 10.6. The van der Waals surface area contributed by atoms with Gasteiger partial charge < -0.3 is 10.6 Å². The van der Waals surface area contributed by atoms with Gasteiger partial charge in [-0.1, -0.05) is 40.3 Å². The van der Waals surface area contributed by atoms with E-state index in [4.69, 9.17) is 18.0 Å². The van der Waals surface area contributed by atoms with Crippen molar-refractivity contribution >= 4 is 49.8 Å². The molecule has 0 aliphatic heterocycles. The molecule has 2 N–H and O–H groups in total. The predicted octanol–water partition coefficient (Wildman–Crippen LogP) is 3.74. The summed E-state index contributed by atoms with van der Waals surface area (Å²) in [6, 6.07) is 11.8. The van der Waals surface area contributed by atoms with Crippen LogP contribution in [-0.4, -0.2) is 28.9 Å². The number of benzene rings is 2. The van der Waals surface area contributed by atoms with Gasteiger partial charge in [0.25, 0.3) is 5.91 Å². The quantitative estimate of drug-likeness (QED) is 0.821. The zero-order chi connectivity index (χ0) is 15.4.